The van der Waals surface area contributed by atoms with Gasteiger partial charge in [0, 0.05) is 13.1 Å². The number of aryl methyl sites for hydroxylation is 2. The quantitative estimate of drug-likeness (QED) is 0.829. The molecule has 1 amide bonds. The van der Waals surface area contributed by atoms with E-state index in [1.54, 1.807) is 4.90 Å². The normalized spacial score (nSPS) is 16.4. The van der Waals surface area contributed by atoms with Crippen LogP contribution in [-0.2, 0) is 14.8 Å². The van der Waals surface area contributed by atoms with Crippen molar-refractivity contribution in [2.24, 2.45) is 0 Å². The van der Waals surface area contributed by atoms with Crippen molar-refractivity contribution in [2.45, 2.75) is 46.1 Å². The molecule has 0 spiro atoms. The Morgan fingerprint density at radius 2 is 1.70 bits per heavy atom. The van der Waals surface area contributed by atoms with E-state index in [4.69, 9.17) is 0 Å². The lowest BCUT2D eigenvalue weighted by Crippen LogP contribution is -2.50. The van der Waals surface area contributed by atoms with E-state index in [0.29, 0.717) is 12.1 Å². The minimum absolute atomic E-state index is 0.0883. The van der Waals surface area contributed by atoms with Crippen LogP contribution in [0.25, 0.3) is 0 Å². The number of hydrogen-bond acceptors (Lipinski definition) is 3. The number of carbonyl (C=O) groups excluding carboxylic acids is 1. The van der Waals surface area contributed by atoms with E-state index >= 15 is 0 Å². The highest BCUT2D eigenvalue weighted by molar-refractivity contribution is 7.92. The molecule has 0 N–H and O–H groups in total. The summed E-state index contributed by atoms with van der Waals surface area (Å²) in [5, 5.41) is 0. The number of rotatable bonds is 5. The van der Waals surface area contributed by atoms with Crippen LogP contribution in [0.5, 0.6) is 0 Å². The van der Waals surface area contributed by atoms with Gasteiger partial charge in [0.2, 0.25) is 15.9 Å². The third-order valence-corrected chi connectivity index (χ3v) is 5.37. The fourth-order valence-electron chi connectivity index (χ4n) is 3.27. The Hall–Kier alpha value is -1.56. The molecule has 1 aliphatic heterocycles. The Morgan fingerprint density at radius 1 is 1.17 bits per heavy atom. The fraction of sp³-hybridized carbons (Fsp3) is 0.588. The lowest BCUT2D eigenvalue weighted by atomic mass is 10.1. The minimum Gasteiger partial charge on any atom is -0.341 e. The first-order chi connectivity index (χ1) is 10.7. The van der Waals surface area contributed by atoms with Crippen LogP contribution in [0.3, 0.4) is 0 Å². The number of carbonyl (C=O) groups is 1. The molecule has 1 heterocycles. The van der Waals surface area contributed by atoms with Crippen LogP contribution in [0.1, 0.15) is 37.3 Å². The van der Waals surface area contributed by atoms with Gasteiger partial charge in [0.25, 0.3) is 0 Å². The maximum Gasteiger partial charge on any atom is 0.246 e. The van der Waals surface area contributed by atoms with E-state index in [1.807, 2.05) is 39.0 Å². The summed E-state index contributed by atoms with van der Waals surface area (Å²) >= 11 is 0. The molecule has 1 atom stereocenters. The van der Waals surface area contributed by atoms with Gasteiger partial charge in [0.15, 0.2) is 0 Å². The van der Waals surface area contributed by atoms with Crippen molar-refractivity contribution in [3.63, 3.8) is 0 Å². The fourth-order valence-corrected chi connectivity index (χ4v) is 4.46. The zero-order valence-corrected chi connectivity index (χ0v) is 15.2. The highest BCUT2D eigenvalue weighted by atomic mass is 32.2. The molecule has 0 aliphatic carbocycles. The molecule has 1 saturated heterocycles. The molecule has 128 valence electrons. The molecule has 1 fully saturated rings. The standard InChI is InChI=1S/C17H26N2O3S/c1-5-16(17(20)18-8-6-7-9-18)19(23(4,21)22)15-11-13(2)10-14(3)12-15/h10-12,16H,5-9H2,1-4H3/t16-/m1/s1. The number of benzene rings is 1. The van der Waals surface area contributed by atoms with Crippen LogP contribution < -0.4 is 4.31 Å². The third-order valence-electron chi connectivity index (χ3n) is 4.19. The van der Waals surface area contributed by atoms with Crippen LogP contribution in [0.15, 0.2) is 18.2 Å². The molecule has 0 unspecified atom stereocenters. The SMILES string of the molecule is CC[C@H](C(=O)N1CCCC1)N(c1cc(C)cc(C)c1)S(C)(=O)=O. The Balaban J connectivity index is 2.46. The lowest BCUT2D eigenvalue weighted by molar-refractivity contribution is -0.131. The van der Waals surface area contributed by atoms with Crippen LogP contribution in [0, 0.1) is 13.8 Å². The van der Waals surface area contributed by atoms with Gasteiger partial charge < -0.3 is 4.90 Å². The van der Waals surface area contributed by atoms with E-state index in [0.717, 1.165) is 37.1 Å². The molecule has 0 radical (unpaired) electrons. The zero-order chi connectivity index (χ0) is 17.2. The van der Waals surface area contributed by atoms with Crippen LogP contribution in [0.4, 0.5) is 5.69 Å². The predicted octanol–water partition coefficient (Wildman–Crippen LogP) is 2.47. The van der Waals surface area contributed by atoms with Crippen LogP contribution >= 0.6 is 0 Å². The molecule has 2 rings (SSSR count). The van der Waals surface area contributed by atoms with Crippen molar-refractivity contribution in [1.29, 1.82) is 0 Å². The highest BCUT2D eigenvalue weighted by Crippen LogP contribution is 2.26. The Bertz CT molecular complexity index is 659. The van der Waals surface area contributed by atoms with E-state index in [1.165, 1.54) is 10.6 Å². The van der Waals surface area contributed by atoms with Crippen molar-refractivity contribution < 1.29 is 13.2 Å². The van der Waals surface area contributed by atoms with Crippen molar-refractivity contribution in [3.8, 4) is 0 Å². The number of anilines is 1. The monoisotopic (exact) mass is 338 g/mol. The van der Waals surface area contributed by atoms with Crippen LogP contribution in [-0.4, -0.2) is 44.6 Å². The average Bonchev–Trinajstić information content (AvgIpc) is 2.95. The molecule has 6 heteroatoms. The van der Waals surface area contributed by atoms with Gasteiger partial charge in [0.05, 0.1) is 11.9 Å². The summed E-state index contributed by atoms with van der Waals surface area (Å²) in [6.45, 7) is 7.17. The van der Waals surface area contributed by atoms with E-state index in [-0.39, 0.29) is 5.91 Å². The second-order valence-electron chi connectivity index (χ2n) is 6.36. The Labute approximate surface area is 139 Å². The van der Waals surface area contributed by atoms with E-state index < -0.39 is 16.1 Å². The minimum atomic E-state index is -3.55. The molecule has 23 heavy (non-hydrogen) atoms. The van der Waals surface area contributed by atoms with Gasteiger partial charge in [0.1, 0.15) is 6.04 Å². The first kappa shape index (κ1) is 17.8. The summed E-state index contributed by atoms with van der Waals surface area (Å²) < 4.78 is 26.2. The predicted molar refractivity (Wildman–Crippen MR) is 93.1 cm³/mol. The van der Waals surface area contributed by atoms with Gasteiger partial charge in [-0.25, -0.2) is 8.42 Å². The maximum atomic E-state index is 12.8. The molecule has 0 saturated carbocycles. The van der Waals surface area contributed by atoms with Gasteiger partial charge in [-0.05, 0) is 56.4 Å². The van der Waals surface area contributed by atoms with Gasteiger partial charge in [-0.2, -0.15) is 0 Å². The third kappa shape index (κ3) is 4.05. The van der Waals surface area contributed by atoms with E-state index in [9.17, 15) is 13.2 Å². The van der Waals surface area contributed by atoms with Gasteiger partial charge in [-0.1, -0.05) is 13.0 Å². The number of amides is 1. The highest BCUT2D eigenvalue weighted by Gasteiger charge is 2.35. The first-order valence-corrected chi connectivity index (χ1v) is 9.95. The van der Waals surface area contributed by atoms with Crippen LogP contribution in [0.2, 0.25) is 0 Å². The average molecular weight is 338 g/mol. The van der Waals surface area contributed by atoms with Crippen molar-refractivity contribution >= 4 is 21.6 Å². The summed E-state index contributed by atoms with van der Waals surface area (Å²) in [6.07, 6.45) is 3.61. The van der Waals surface area contributed by atoms with Crippen molar-refractivity contribution in [2.75, 3.05) is 23.7 Å². The Kier molecular flexibility index (Phi) is 5.34. The topological polar surface area (TPSA) is 57.7 Å². The van der Waals surface area contributed by atoms with Crippen molar-refractivity contribution in [1.82, 2.24) is 4.90 Å². The summed E-state index contributed by atoms with van der Waals surface area (Å²) in [5.74, 6) is -0.0883. The summed E-state index contributed by atoms with van der Waals surface area (Å²) in [6, 6.07) is 4.97. The summed E-state index contributed by atoms with van der Waals surface area (Å²) in [5.41, 5.74) is 2.54. The van der Waals surface area contributed by atoms with Gasteiger partial charge >= 0.3 is 0 Å². The number of sulfonamides is 1. The van der Waals surface area contributed by atoms with E-state index in [2.05, 4.69) is 0 Å². The zero-order valence-electron chi connectivity index (χ0n) is 14.4. The number of likely N-dealkylation sites (tertiary alicyclic amines) is 1. The molecular weight excluding hydrogens is 312 g/mol. The molecule has 5 nitrogen and oxygen atoms in total. The lowest BCUT2D eigenvalue weighted by Gasteiger charge is -2.33. The molecule has 1 aliphatic rings. The molecule has 0 bridgehead atoms. The molecule has 0 aromatic heterocycles. The number of hydrogen-bond donors (Lipinski definition) is 0. The number of nitrogens with zero attached hydrogens (tertiary/aromatic N) is 2. The van der Waals surface area contributed by atoms with Crippen molar-refractivity contribution in [3.05, 3.63) is 29.3 Å². The molecular formula is C17H26N2O3S. The van der Waals surface area contributed by atoms with Gasteiger partial charge in [-0.3, -0.25) is 9.10 Å². The summed E-state index contributed by atoms with van der Waals surface area (Å²) in [7, 11) is -3.55. The largest absolute Gasteiger partial charge is 0.341 e. The molecule has 1 aromatic rings. The smallest absolute Gasteiger partial charge is 0.246 e. The second-order valence-corrected chi connectivity index (χ2v) is 8.22. The Morgan fingerprint density at radius 3 is 2.13 bits per heavy atom. The maximum absolute atomic E-state index is 12.8. The molecule has 1 aromatic carbocycles. The second kappa shape index (κ2) is 6.91. The van der Waals surface area contributed by atoms with Gasteiger partial charge in [-0.15, -0.1) is 0 Å². The first-order valence-electron chi connectivity index (χ1n) is 8.10. The summed E-state index contributed by atoms with van der Waals surface area (Å²) in [4.78, 5) is 14.6.